The fourth-order valence-corrected chi connectivity index (χ4v) is 3.97. The first-order chi connectivity index (χ1) is 17.1. The summed E-state index contributed by atoms with van der Waals surface area (Å²) in [6.07, 6.45) is 1.61. The minimum atomic E-state index is -0.465. The van der Waals surface area contributed by atoms with E-state index in [4.69, 9.17) is 0 Å². The van der Waals surface area contributed by atoms with E-state index in [0.29, 0.717) is 23.0 Å². The molecule has 3 aromatic carbocycles. The lowest BCUT2D eigenvalue weighted by Crippen LogP contribution is -2.28. The standard InChI is InChI=1S/C28H22N4O3/c33-25-16-15-22(19-31(25)17-20-9-3-1-4-10-20)29-27(34)26-23-13-7-8-14-24(23)28(35)32(30-26)18-21-11-5-2-6-12-21/h1-16,19H,17-18H2,(H,29,34). The van der Waals surface area contributed by atoms with Gasteiger partial charge in [-0.05, 0) is 23.3 Å². The number of aromatic nitrogens is 3. The van der Waals surface area contributed by atoms with Crippen LogP contribution in [-0.4, -0.2) is 20.3 Å². The van der Waals surface area contributed by atoms with E-state index in [1.54, 1.807) is 36.5 Å². The maximum absolute atomic E-state index is 13.3. The van der Waals surface area contributed by atoms with Crippen molar-refractivity contribution in [2.45, 2.75) is 13.1 Å². The number of nitrogens with zero attached hydrogens (tertiary/aromatic N) is 3. The molecule has 7 nitrogen and oxygen atoms in total. The Hall–Kier alpha value is -4.78. The van der Waals surface area contributed by atoms with E-state index in [9.17, 15) is 14.4 Å². The van der Waals surface area contributed by atoms with Crippen LogP contribution in [0.4, 0.5) is 5.69 Å². The maximum atomic E-state index is 13.3. The molecule has 35 heavy (non-hydrogen) atoms. The topological polar surface area (TPSA) is 86.0 Å². The number of hydrogen-bond acceptors (Lipinski definition) is 4. The molecule has 7 heteroatoms. The van der Waals surface area contributed by atoms with Crippen molar-refractivity contribution in [1.82, 2.24) is 14.3 Å². The summed E-state index contributed by atoms with van der Waals surface area (Å²) in [6, 6.07) is 29.0. The summed E-state index contributed by atoms with van der Waals surface area (Å²) in [6.45, 7) is 0.624. The van der Waals surface area contributed by atoms with Gasteiger partial charge in [0.2, 0.25) is 0 Å². The molecule has 0 aliphatic heterocycles. The van der Waals surface area contributed by atoms with Gasteiger partial charge < -0.3 is 9.88 Å². The molecule has 5 rings (SSSR count). The lowest BCUT2D eigenvalue weighted by Gasteiger charge is -2.13. The summed E-state index contributed by atoms with van der Waals surface area (Å²) < 4.78 is 2.84. The molecule has 0 unspecified atom stereocenters. The van der Waals surface area contributed by atoms with Gasteiger partial charge in [-0.2, -0.15) is 5.10 Å². The van der Waals surface area contributed by atoms with Crippen molar-refractivity contribution >= 4 is 22.4 Å². The summed E-state index contributed by atoms with van der Waals surface area (Å²) >= 11 is 0. The number of amides is 1. The van der Waals surface area contributed by atoms with Crippen LogP contribution in [-0.2, 0) is 13.1 Å². The molecule has 5 aromatic rings. The first kappa shape index (κ1) is 22.0. The van der Waals surface area contributed by atoms with E-state index < -0.39 is 5.91 Å². The van der Waals surface area contributed by atoms with Crippen LogP contribution >= 0.6 is 0 Å². The largest absolute Gasteiger partial charge is 0.319 e. The predicted molar refractivity (Wildman–Crippen MR) is 136 cm³/mol. The number of carbonyl (C=O) groups is 1. The average Bonchev–Trinajstić information content (AvgIpc) is 2.89. The molecule has 0 spiro atoms. The number of benzene rings is 3. The van der Waals surface area contributed by atoms with Crippen LogP contribution in [0.15, 0.2) is 113 Å². The van der Waals surface area contributed by atoms with Crippen molar-refractivity contribution in [3.05, 3.63) is 141 Å². The lowest BCUT2D eigenvalue weighted by molar-refractivity contribution is 0.102. The Morgan fingerprint density at radius 3 is 2.00 bits per heavy atom. The minimum absolute atomic E-state index is 0.136. The van der Waals surface area contributed by atoms with Gasteiger partial charge in [0.25, 0.3) is 17.0 Å². The molecule has 0 atom stereocenters. The highest BCUT2D eigenvalue weighted by Crippen LogP contribution is 2.16. The number of carbonyl (C=O) groups excluding carboxylic acids is 1. The Morgan fingerprint density at radius 1 is 0.714 bits per heavy atom. The molecule has 1 amide bonds. The van der Waals surface area contributed by atoms with Crippen molar-refractivity contribution in [1.29, 1.82) is 0 Å². The van der Waals surface area contributed by atoms with Crippen molar-refractivity contribution < 1.29 is 4.79 Å². The van der Waals surface area contributed by atoms with Crippen LogP contribution < -0.4 is 16.4 Å². The van der Waals surface area contributed by atoms with Gasteiger partial charge in [-0.1, -0.05) is 78.9 Å². The second kappa shape index (κ2) is 9.61. The summed E-state index contributed by atoms with van der Waals surface area (Å²) in [7, 11) is 0. The fourth-order valence-electron chi connectivity index (χ4n) is 3.97. The van der Waals surface area contributed by atoms with Crippen LogP contribution in [0.2, 0.25) is 0 Å². The van der Waals surface area contributed by atoms with Crippen molar-refractivity contribution in [3.63, 3.8) is 0 Å². The van der Waals surface area contributed by atoms with Gasteiger partial charge in [-0.15, -0.1) is 0 Å². The van der Waals surface area contributed by atoms with Gasteiger partial charge in [0.15, 0.2) is 5.69 Å². The van der Waals surface area contributed by atoms with E-state index in [1.165, 1.54) is 15.3 Å². The van der Waals surface area contributed by atoms with Crippen LogP contribution in [0.25, 0.3) is 10.8 Å². The Bertz CT molecular complexity index is 1620. The third-order valence-electron chi connectivity index (χ3n) is 5.70. The van der Waals surface area contributed by atoms with Gasteiger partial charge >= 0.3 is 0 Å². The molecule has 0 aliphatic carbocycles. The van der Waals surface area contributed by atoms with Gasteiger partial charge in [0.05, 0.1) is 24.2 Å². The van der Waals surface area contributed by atoms with Crippen molar-refractivity contribution in [3.8, 4) is 0 Å². The molecule has 0 saturated heterocycles. The van der Waals surface area contributed by atoms with Gasteiger partial charge in [0.1, 0.15) is 0 Å². The number of rotatable bonds is 6. The molecule has 172 valence electrons. The van der Waals surface area contributed by atoms with Crippen molar-refractivity contribution in [2.24, 2.45) is 0 Å². The SMILES string of the molecule is O=C(Nc1ccc(=O)n(Cc2ccccc2)c1)c1nn(Cc2ccccc2)c(=O)c2ccccc12. The normalized spacial score (nSPS) is 10.9. The zero-order valence-corrected chi connectivity index (χ0v) is 18.8. The number of hydrogen-bond donors (Lipinski definition) is 1. The number of anilines is 1. The van der Waals surface area contributed by atoms with Crippen LogP contribution in [0, 0.1) is 0 Å². The summed E-state index contributed by atoms with van der Waals surface area (Å²) in [4.78, 5) is 38.7. The first-order valence-corrected chi connectivity index (χ1v) is 11.2. The average molecular weight is 463 g/mol. The number of nitrogens with one attached hydrogen (secondary N) is 1. The highest BCUT2D eigenvalue weighted by atomic mass is 16.2. The smallest absolute Gasteiger partial charge is 0.276 e. The fraction of sp³-hybridized carbons (Fsp3) is 0.0714. The van der Waals surface area contributed by atoms with E-state index in [0.717, 1.165) is 11.1 Å². The second-order valence-corrected chi connectivity index (χ2v) is 8.17. The van der Waals surface area contributed by atoms with Crippen molar-refractivity contribution in [2.75, 3.05) is 5.32 Å². The van der Waals surface area contributed by atoms with Gasteiger partial charge in [-0.3, -0.25) is 14.4 Å². The molecular formula is C28H22N4O3. The van der Waals surface area contributed by atoms with E-state index >= 15 is 0 Å². The molecule has 0 aliphatic rings. The Kier molecular flexibility index (Phi) is 6.05. The zero-order valence-electron chi connectivity index (χ0n) is 18.8. The second-order valence-electron chi connectivity index (χ2n) is 8.17. The Labute approximate surface area is 200 Å². The molecule has 0 fully saturated rings. The van der Waals surface area contributed by atoms with E-state index in [1.807, 2.05) is 60.7 Å². The molecule has 2 aromatic heterocycles. The van der Waals surface area contributed by atoms with Crippen LogP contribution in [0.1, 0.15) is 21.6 Å². The predicted octanol–water partition coefficient (Wildman–Crippen LogP) is 3.91. The molecule has 0 bridgehead atoms. The Morgan fingerprint density at radius 2 is 1.31 bits per heavy atom. The molecule has 0 saturated carbocycles. The zero-order chi connectivity index (χ0) is 24.2. The van der Waals surface area contributed by atoms with Gasteiger partial charge in [0, 0.05) is 17.6 Å². The third-order valence-corrected chi connectivity index (χ3v) is 5.70. The molecule has 0 radical (unpaired) electrons. The summed E-state index contributed by atoms with van der Waals surface area (Å²) in [5, 5.41) is 8.14. The highest BCUT2D eigenvalue weighted by molar-refractivity contribution is 6.11. The quantitative estimate of drug-likeness (QED) is 0.415. The first-order valence-electron chi connectivity index (χ1n) is 11.2. The molecular weight excluding hydrogens is 440 g/mol. The minimum Gasteiger partial charge on any atom is -0.319 e. The van der Waals surface area contributed by atoms with Crippen LogP contribution in [0.3, 0.4) is 0 Å². The highest BCUT2D eigenvalue weighted by Gasteiger charge is 2.17. The number of pyridine rings is 1. The molecule has 2 heterocycles. The third kappa shape index (κ3) is 4.79. The summed E-state index contributed by atoms with van der Waals surface area (Å²) in [5.41, 5.74) is 2.02. The molecule has 1 N–H and O–H groups in total. The maximum Gasteiger partial charge on any atom is 0.276 e. The monoisotopic (exact) mass is 462 g/mol. The van der Waals surface area contributed by atoms with E-state index in [-0.39, 0.29) is 23.4 Å². The lowest BCUT2D eigenvalue weighted by atomic mass is 10.1. The van der Waals surface area contributed by atoms with Crippen LogP contribution in [0.5, 0.6) is 0 Å². The number of fused-ring (bicyclic) bond motifs is 1. The Balaban J connectivity index is 1.49. The van der Waals surface area contributed by atoms with E-state index in [2.05, 4.69) is 10.4 Å². The van der Waals surface area contributed by atoms with Gasteiger partial charge in [-0.25, -0.2) is 4.68 Å². The summed E-state index contributed by atoms with van der Waals surface area (Å²) in [5.74, 6) is -0.465.